The number of hydrogen-bond donors (Lipinski definition) is 2. The molecule has 0 bridgehead atoms. The van der Waals surface area contributed by atoms with Crippen LogP contribution in [0.15, 0.2) is 11.6 Å². The summed E-state index contributed by atoms with van der Waals surface area (Å²) in [6.07, 6.45) is 30.5. The molecule has 0 radical (unpaired) electrons. The van der Waals surface area contributed by atoms with Crippen LogP contribution in [0.4, 0.5) is 0 Å². The molecular weight excluding hydrogens is 500 g/mol. The standard InChI is InChI=1S/C35H64O5/c1-3-4-5-6-7-8-9-10-11-15-18-21-24-31(36)33-26-27-34(40-33)32(37)25-22-19-16-13-12-14-17-20-23-30-28-29(2)39-35(30)38/h28-29,31-34,36-37H,3-27H2,1-2H3. The highest BCUT2D eigenvalue weighted by atomic mass is 16.5. The molecule has 5 atom stereocenters. The van der Waals surface area contributed by atoms with Gasteiger partial charge in [-0.2, -0.15) is 0 Å². The molecule has 40 heavy (non-hydrogen) atoms. The average Bonchev–Trinajstić information content (AvgIpc) is 3.56. The lowest BCUT2D eigenvalue weighted by atomic mass is 10.00. The lowest BCUT2D eigenvalue weighted by Crippen LogP contribution is -2.31. The number of aliphatic hydroxyl groups excluding tert-OH is 2. The van der Waals surface area contributed by atoms with E-state index in [4.69, 9.17) is 9.47 Å². The van der Waals surface area contributed by atoms with E-state index in [-0.39, 0.29) is 30.4 Å². The third-order valence-electron chi connectivity index (χ3n) is 8.98. The van der Waals surface area contributed by atoms with Crippen LogP contribution in [-0.2, 0) is 14.3 Å². The molecule has 0 amide bonds. The van der Waals surface area contributed by atoms with Gasteiger partial charge in [0.15, 0.2) is 0 Å². The van der Waals surface area contributed by atoms with Gasteiger partial charge in [-0.15, -0.1) is 0 Å². The summed E-state index contributed by atoms with van der Waals surface area (Å²) in [5.41, 5.74) is 0.859. The van der Waals surface area contributed by atoms with Crippen molar-refractivity contribution >= 4 is 5.97 Å². The molecule has 5 unspecified atom stereocenters. The van der Waals surface area contributed by atoms with Crippen LogP contribution < -0.4 is 0 Å². The van der Waals surface area contributed by atoms with Gasteiger partial charge in [0.1, 0.15) is 6.10 Å². The van der Waals surface area contributed by atoms with Crippen LogP contribution in [0.25, 0.3) is 0 Å². The summed E-state index contributed by atoms with van der Waals surface area (Å²) in [5.74, 6) is -0.126. The fourth-order valence-electron chi connectivity index (χ4n) is 6.37. The quantitative estimate of drug-likeness (QED) is 0.0809. The number of aliphatic hydroxyl groups is 2. The number of ether oxygens (including phenoxy) is 2. The van der Waals surface area contributed by atoms with Crippen molar-refractivity contribution in [1.82, 2.24) is 0 Å². The van der Waals surface area contributed by atoms with Crippen LogP contribution >= 0.6 is 0 Å². The lowest BCUT2D eigenvalue weighted by Gasteiger charge is -2.22. The number of hydrogen-bond acceptors (Lipinski definition) is 5. The highest BCUT2D eigenvalue weighted by Crippen LogP contribution is 2.28. The Morgan fingerprint density at radius 2 is 1.07 bits per heavy atom. The first-order valence-electron chi connectivity index (χ1n) is 17.4. The minimum absolute atomic E-state index is 0.0526. The fourth-order valence-corrected chi connectivity index (χ4v) is 6.37. The number of carbonyl (C=O) groups excluding carboxylic acids is 1. The molecule has 0 aromatic heterocycles. The van der Waals surface area contributed by atoms with E-state index in [0.29, 0.717) is 0 Å². The third kappa shape index (κ3) is 15.9. The monoisotopic (exact) mass is 564 g/mol. The Morgan fingerprint density at radius 3 is 1.48 bits per heavy atom. The Labute approximate surface area is 246 Å². The molecule has 5 nitrogen and oxygen atoms in total. The second-order valence-electron chi connectivity index (χ2n) is 12.8. The molecule has 0 saturated carbocycles. The van der Waals surface area contributed by atoms with Crippen LogP contribution in [0, 0.1) is 0 Å². The SMILES string of the molecule is CCCCCCCCCCCCCCC(O)C1CCC(C(O)CCCCCCCCCCC2=CC(C)OC2=O)O1. The van der Waals surface area contributed by atoms with Gasteiger partial charge in [0, 0.05) is 5.57 Å². The molecule has 234 valence electrons. The van der Waals surface area contributed by atoms with E-state index < -0.39 is 6.10 Å². The zero-order valence-corrected chi connectivity index (χ0v) is 26.3. The Morgan fingerprint density at radius 1 is 0.675 bits per heavy atom. The zero-order valence-electron chi connectivity index (χ0n) is 26.3. The van der Waals surface area contributed by atoms with E-state index >= 15 is 0 Å². The summed E-state index contributed by atoms with van der Waals surface area (Å²) in [4.78, 5) is 11.6. The van der Waals surface area contributed by atoms with Gasteiger partial charge >= 0.3 is 5.97 Å². The molecule has 2 N–H and O–H groups in total. The molecule has 1 fully saturated rings. The van der Waals surface area contributed by atoms with Crippen molar-refractivity contribution < 1.29 is 24.5 Å². The largest absolute Gasteiger partial charge is 0.455 e. The molecule has 0 spiro atoms. The van der Waals surface area contributed by atoms with E-state index in [1.165, 1.54) is 103 Å². The first-order valence-corrected chi connectivity index (χ1v) is 17.4. The predicted molar refractivity (Wildman–Crippen MR) is 165 cm³/mol. The normalized spacial score (nSPS) is 22.4. The minimum Gasteiger partial charge on any atom is -0.455 e. The number of unbranched alkanes of at least 4 members (excludes halogenated alkanes) is 18. The molecule has 0 aromatic carbocycles. The summed E-state index contributed by atoms with van der Waals surface area (Å²) in [7, 11) is 0. The molecule has 2 heterocycles. The summed E-state index contributed by atoms with van der Waals surface area (Å²) in [6, 6.07) is 0. The number of cyclic esters (lactones) is 1. The third-order valence-corrected chi connectivity index (χ3v) is 8.98. The van der Waals surface area contributed by atoms with Crippen LogP contribution in [0.2, 0.25) is 0 Å². The van der Waals surface area contributed by atoms with E-state index in [9.17, 15) is 15.0 Å². The maximum atomic E-state index is 11.6. The number of rotatable bonds is 26. The summed E-state index contributed by atoms with van der Waals surface area (Å²) < 4.78 is 11.2. The highest BCUT2D eigenvalue weighted by Gasteiger charge is 2.34. The maximum absolute atomic E-state index is 11.6. The highest BCUT2D eigenvalue weighted by molar-refractivity contribution is 5.90. The van der Waals surface area contributed by atoms with Crippen molar-refractivity contribution in [2.24, 2.45) is 0 Å². The van der Waals surface area contributed by atoms with Crippen LogP contribution in [0.5, 0.6) is 0 Å². The zero-order chi connectivity index (χ0) is 28.8. The molecule has 5 heteroatoms. The Hall–Kier alpha value is -0.910. The van der Waals surface area contributed by atoms with Crippen molar-refractivity contribution in [2.45, 2.75) is 205 Å². The minimum atomic E-state index is -0.400. The predicted octanol–water partition coefficient (Wildman–Crippen LogP) is 9.12. The topological polar surface area (TPSA) is 76.0 Å². The first-order chi connectivity index (χ1) is 19.5. The molecular formula is C35H64O5. The van der Waals surface area contributed by atoms with Gasteiger partial charge in [-0.05, 0) is 51.5 Å². The van der Waals surface area contributed by atoms with E-state index in [1.54, 1.807) is 0 Å². The number of esters is 1. The van der Waals surface area contributed by atoms with Crippen LogP contribution in [-0.4, -0.2) is 46.7 Å². The van der Waals surface area contributed by atoms with E-state index in [2.05, 4.69) is 6.92 Å². The second kappa shape index (κ2) is 22.7. The maximum Gasteiger partial charge on any atom is 0.334 e. The van der Waals surface area contributed by atoms with Crippen molar-refractivity contribution in [3.63, 3.8) is 0 Å². The fraction of sp³-hybridized carbons (Fsp3) is 0.914. The smallest absolute Gasteiger partial charge is 0.334 e. The number of carbonyl (C=O) groups is 1. The Balaban J connectivity index is 1.36. The van der Waals surface area contributed by atoms with Gasteiger partial charge in [-0.25, -0.2) is 4.79 Å². The molecule has 2 aliphatic heterocycles. The van der Waals surface area contributed by atoms with Crippen LogP contribution in [0.3, 0.4) is 0 Å². The Bertz CT molecular complexity index is 662. The summed E-state index contributed by atoms with van der Waals surface area (Å²) in [5, 5.41) is 21.2. The lowest BCUT2D eigenvalue weighted by molar-refractivity contribution is -0.139. The van der Waals surface area contributed by atoms with E-state index in [0.717, 1.165) is 63.4 Å². The van der Waals surface area contributed by atoms with Crippen molar-refractivity contribution in [2.75, 3.05) is 0 Å². The van der Waals surface area contributed by atoms with Gasteiger partial charge in [0.25, 0.3) is 0 Å². The van der Waals surface area contributed by atoms with Crippen molar-refractivity contribution in [3.05, 3.63) is 11.6 Å². The summed E-state index contributed by atoms with van der Waals surface area (Å²) in [6.45, 7) is 4.18. The first kappa shape index (κ1) is 35.3. The second-order valence-corrected chi connectivity index (χ2v) is 12.8. The van der Waals surface area contributed by atoms with Crippen molar-refractivity contribution in [3.8, 4) is 0 Å². The Kier molecular flexibility index (Phi) is 20.0. The van der Waals surface area contributed by atoms with Crippen molar-refractivity contribution in [1.29, 1.82) is 0 Å². The van der Waals surface area contributed by atoms with Crippen LogP contribution in [0.1, 0.15) is 174 Å². The van der Waals surface area contributed by atoms with E-state index in [1.807, 2.05) is 13.0 Å². The molecule has 0 aliphatic carbocycles. The van der Waals surface area contributed by atoms with Gasteiger partial charge < -0.3 is 19.7 Å². The van der Waals surface area contributed by atoms with Gasteiger partial charge in [-0.3, -0.25) is 0 Å². The molecule has 0 aromatic rings. The summed E-state index contributed by atoms with van der Waals surface area (Å²) >= 11 is 0. The van der Waals surface area contributed by atoms with Gasteiger partial charge in [0.2, 0.25) is 0 Å². The van der Waals surface area contributed by atoms with Gasteiger partial charge in [0.05, 0.1) is 24.4 Å². The molecule has 1 saturated heterocycles. The average molecular weight is 565 g/mol. The molecule has 2 rings (SSSR count). The molecule has 2 aliphatic rings. The van der Waals surface area contributed by atoms with Gasteiger partial charge in [-0.1, -0.05) is 129 Å².